The lowest BCUT2D eigenvalue weighted by molar-refractivity contribution is -0.116. The van der Waals surface area contributed by atoms with Gasteiger partial charge in [-0.15, -0.1) is 0 Å². The van der Waals surface area contributed by atoms with Crippen LogP contribution in [-0.2, 0) is 11.2 Å². The first-order valence-electron chi connectivity index (χ1n) is 7.08. The van der Waals surface area contributed by atoms with Crippen molar-refractivity contribution in [1.82, 2.24) is 5.32 Å². The van der Waals surface area contributed by atoms with Crippen molar-refractivity contribution >= 4 is 27.5 Å². The number of aryl methyl sites for hydroxylation is 1. The molecule has 0 spiro atoms. The fourth-order valence-electron chi connectivity index (χ4n) is 2.70. The van der Waals surface area contributed by atoms with Gasteiger partial charge < -0.3 is 15.1 Å². The van der Waals surface area contributed by atoms with Gasteiger partial charge in [0.05, 0.1) is 12.3 Å². The van der Waals surface area contributed by atoms with E-state index in [2.05, 4.69) is 45.6 Å². The molecule has 0 bridgehead atoms. The first-order valence-corrected chi connectivity index (χ1v) is 7.87. The Balaban J connectivity index is 1.97. The molecule has 0 aliphatic carbocycles. The average Bonchev–Trinajstić information content (AvgIpc) is 2.90. The van der Waals surface area contributed by atoms with Crippen molar-refractivity contribution in [3.8, 4) is 0 Å². The molecule has 110 valence electrons. The smallest absolute Gasteiger partial charge is 0.224 e. The molecule has 3 rings (SSSR count). The van der Waals surface area contributed by atoms with Gasteiger partial charge in [0.15, 0.2) is 4.67 Å². The van der Waals surface area contributed by atoms with Gasteiger partial charge in [-0.1, -0.05) is 19.1 Å². The normalized spacial score (nSPS) is 15.4. The van der Waals surface area contributed by atoms with Crippen LogP contribution in [0.15, 0.2) is 39.6 Å². The van der Waals surface area contributed by atoms with Crippen LogP contribution in [0.2, 0.25) is 0 Å². The van der Waals surface area contributed by atoms with E-state index >= 15 is 0 Å². The minimum Gasteiger partial charge on any atom is -0.457 e. The molecule has 2 heterocycles. The van der Waals surface area contributed by atoms with Crippen molar-refractivity contribution in [2.45, 2.75) is 25.8 Å². The van der Waals surface area contributed by atoms with Crippen LogP contribution in [0.25, 0.3) is 0 Å². The third kappa shape index (κ3) is 2.89. The third-order valence-electron chi connectivity index (χ3n) is 3.72. The molecule has 2 aromatic rings. The van der Waals surface area contributed by atoms with Crippen LogP contribution in [0, 0.1) is 0 Å². The molecule has 21 heavy (non-hydrogen) atoms. The van der Waals surface area contributed by atoms with E-state index in [1.807, 2.05) is 12.1 Å². The fourth-order valence-corrected chi connectivity index (χ4v) is 3.17. The lowest BCUT2D eigenvalue weighted by Gasteiger charge is -2.22. The number of amides is 1. The molecule has 2 N–H and O–H groups in total. The highest BCUT2D eigenvalue weighted by atomic mass is 79.9. The van der Waals surface area contributed by atoms with Gasteiger partial charge in [-0.25, -0.2) is 0 Å². The lowest BCUT2D eigenvalue weighted by Crippen LogP contribution is -2.23. The van der Waals surface area contributed by atoms with E-state index in [1.54, 1.807) is 6.26 Å². The number of furan rings is 1. The predicted molar refractivity (Wildman–Crippen MR) is 85.3 cm³/mol. The largest absolute Gasteiger partial charge is 0.457 e. The molecule has 0 fully saturated rings. The van der Waals surface area contributed by atoms with E-state index in [0.717, 1.165) is 28.9 Å². The molecule has 4 nitrogen and oxygen atoms in total. The highest BCUT2D eigenvalue weighted by Gasteiger charge is 2.21. The summed E-state index contributed by atoms with van der Waals surface area (Å²) in [6.07, 6.45) is 3.03. The van der Waals surface area contributed by atoms with Crippen LogP contribution in [0.3, 0.4) is 0 Å². The molecular formula is C16H17BrN2O2. The second-order valence-electron chi connectivity index (χ2n) is 5.11. The number of rotatable bonds is 4. The van der Waals surface area contributed by atoms with Gasteiger partial charge in [0.2, 0.25) is 5.91 Å². The topological polar surface area (TPSA) is 54.3 Å². The zero-order valence-electron chi connectivity index (χ0n) is 11.8. The van der Waals surface area contributed by atoms with Crippen molar-refractivity contribution < 1.29 is 9.21 Å². The Morgan fingerprint density at radius 1 is 1.38 bits per heavy atom. The van der Waals surface area contributed by atoms with E-state index in [1.165, 1.54) is 11.1 Å². The van der Waals surface area contributed by atoms with Crippen molar-refractivity contribution in [3.63, 3.8) is 0 Å². The zero-order chi connectivity index (χ0) is 14.8. The highest BCUT2D eigenvalue weighted by Crippen LogP contribution is 2.32. The molecular weight excluding hydrogens is 332 g/mol. The van der Waals surface area contributed by atoms with Gasteiger partial charge in [-0.2, -0.15) is 0 Å². The van der Waals surface area contributed by atoms with Crippen molar-refractivity contribution in [3.05, 3.63) is 51.9 Å². The number of anilines is 1. The number of carbonyl (C=O) groups is 1. The number of carbonyl (C=O) groups excluding carboxylic acids is 1. The summed E-state index contributed by atoms with van der Waals surface area (Å²) in [5.74, 6) is 0.0936. The lowest BCUT2D eigenvalue weighted by atomic mass is 9.95. The van der Waals surface area contributed by atoms with Crippen LogP contribution in [0.4, 0.5) is 5.69 Å². The van der Waals surface area contributed by atoms with Gasteiger partial charge >= 0.3 is 0 Å². The second kappa shape index (κ2) is 6.03. The molecule has 1 aromatic heterocycles. The summed E-state index contributed by atoms with van der Waals surface area (Å²) in [7, 11) is 0. The number of benzene rings is 1. The predicted octanol–water partition coefficient (Wildman–Crippen LogP) is 3.63. The van der Waals surface area contributed by atoms with E-state index < -0.39 is 0 Å². The molecule has 1 aliphatic heterocycles. The summed E-state index contributed by atoms with van der Waals surface area (Å²) in [5.41, 5.74) is 4.37. The van der Waals surface area contributed by atoms with Crippen molar-refractivity contribution in [2.75, 3.05) is 11.9 Å². The van der Waals surface area contributed by atoms with Gasteiger partial charge in [0.25, 0.3) is 0 Å². The van der Waals surface area contributed by atoms with Gasteiger partial charge in [0, 0.05) is 17.7 Å². The fraction of sp³-hybridized carbons (Fsp3) is 0.312. The number of fused-ring (bicyclic) bond motifs is 1. The number of nitrogens with one attached hydrogen (secondary N) is 2. The van der Waals surface area contributed by atoms with Gasteiger partial charge in [-0.05, 0) is 52.2 Å². The molecule has 1 unspecified atom stereocenters. The molecule has 5 heteroatoms. The Hall–Kier alpha value is -1.59. The van der Waals surface area contributed by atoms with Crippen molar-refractivity contribution in [1.29, 1.82) is 0 Å². The van der Waals surface area contributed by atoms with E-state index in [0.29, 0.717) is 6.42 Å². The molecule has 0 saturated heterocycles. The Morgan fingerprint density at radius 3 is 2.95 bits per heavy atom. The number of hydrogen-bond donors (Lipinski definition) is 2. The van der Waals surface area contributed by atoms with Crippen LogP contribution in [0.1, 0.15) is 36.1 Å². The minimum atomic E-state index is 0.0750. The van der Waals surface area contributed by atoms with Crippen LogP contribution in [0.5, 0.6) is 0 Å². The minimum absolute atomic E-state index is 0.0750. The Morgan fingerprint density at radius 2 is 2.24 bits per heavy atom. The number of halogens is 1. The Bertz CT molecular complexity index is 666. The first-order chi connectivity index (χ1) is 10.2. The standard InChI is InChI=1S/C16H17BrN2O2/c1-2-18-15(12-7-8-21-16(12)17)11-3-5-13-10(9-11)4-6-14(20)19-13/h3,5,7-9,15,18H,2,4,6H2,1H3,(H,19,20). The monoisotopic (exact) mass is 348 g/mol. The third-order valence-corrected chi connectivity index (χ3v) is 4.37. The molecule has 0 radical (unpaired) electrons. The maximum absolute atomic E-state index is 11.4. The van der Waals surface area contributed by atoms with Crippen molar-refractivity contribution in [2.24, 2.45) is 0 Å². The quantitative estimate of drug-likeness (QED) is 0.886. The first kappa shape index (κ1) is 14.4. The summed E-state index contributed by atoms with van der Waals surface area (Å²) >= 11 is 3.45. The molecule has 1 aliphatic rings. The zero-order valence-corrected chi connectivity index (χ0v) is 13.4. The summed E-state index contributed by atoms with van der Waals surface area (Å²) in [6, 6.07) is 8.25. The molecule has 1 amide bonds. The van der Waals surface area contributed by atoms with Crippen LogP contribution in [-0.4, -0.2) is 12.5 Å². The molecule has 1 atom stereocenters. The maximum atomic E-state index is 11.4. The SMILES string of the molecule is CCNC(c1ccc2c(c1)CCC(=O)N2)c1ccoc1Br. The summed E-state index contributed by atoms with van der Waals surface area (Å²) < 4.78 is 6.11. The maximum Gasteiger partial charge on any atom is 0.224 e. The average molecular weight is 349 g/mol. The Kier molecular flexibility index (Phi) is 4.12. The number of hydrogen-bond acceptors (Lipinski definition) is 3. The summed E-state index contributed by atoms with van der Waals surface area (Å²) in [5, 5.41) is 6.40. The van der Waals surface area contributed by atoms with E-state index in [9.17, 15) is 4.79 Å². The molecule has 1 aromatic carbocycles. The van der Waals surface area contributed by atoms with Crippen LogP contribution < -0.4 is 10.6 Å². The summed E-state index contributed by atoms with van der Waals surface area (Å²) in [4.78, 5) is 11.4. The second-order valence-corrected chi connectivity index (χ2v) is 5.83. The highest BCUT2D eigenvalue weighted by molar-refractivity contribution is 9.10. The van der Waals surface area contributed by atoms with Crippen LogP contribution >= 0.6 is 15.9 Å². The van der Waals surface area contributed by atoms with E-state index in [4.69, 9.17) is 4.42 Å². The summed E-state index contributed by atoms with van der Waals surface area (Å²) in [6.45, 7) is 2.94. The van der Waals surface area contributed by atoms with Gasteiger partial charge in [0.1, 0.15) is 0 Å². The Labute approximate surface area is 132 Å². The molecule has 0 saturated carbocycles. The van der Waals surface area contributed by atoms with Gasteiger partial charge in [-0.3, -0.25) is 4.79 Å². The van der Waals surface area contributed by atoms with E-state index in [-0.39, 0.29) is 11.9 Å².